The normalized spacial score (nSPS) is 14.2. The van der Waals surface area contributed by atoms with Gasteiger partial charge in [-0.3, -0.25) is 4.79 Å². The predicted octanol–water partition coefficient (Wildman–Crippen LogP) is 2.83. The largest absolute Gasteiger partial charge is 0.497 e. The average Bonchev–Trinajstić information content (AvgIpc) is 2.26. The van der Waals surface area contributed by atoms with Crippen molar-refractivity contribution in [3.63, 3.8) is 0 Å². The molecule has 3 nitrogen and oxygen atoms in total. The molecule has 0 spiro atoms. The summed E-state index contributed by atoms with van der Waals surface area (Å²) in [6.45, 7) is 5.65. The van der Waals surface area contributed by atoms with Gasteiger partial charge in [-0.05, 0) is 36.1 Å². The van der Waals surface area contributed by atoms with E-state index in [0.29, 0.717) is 0 Å². The smallest absolute Gasteiger partial charge is 0.306 e. The number of aryl methyl sites for hydroxylation is 1. The maximum Gasteiger partial charge on any atom is 0.306 e. The molecule has 1 rings (SSSR count). The van der Waals surface area contributed by atoms with E-state index in [2.05, 4.69) is 0 Å². The highest BCUT2D eigenvalue weighted by molar-refractivity contribution is 5.71. The molecule has 0 heterocycles. The molecule has 1 aromatic carbocycles. The summed E-state index contributed by atoms with van der Waals surface area (Å²) in [5.74, 6) is -0.338. The second-order valence-electron chi connectivity index (χ2n) is 4.14. The van der Waals surface area contributed by atoms with Crippen LogP contribution in [-0.4, -0.2) is 18.2 Å². The van der Waals surface area contributed by atoms with E-state index in [4.69, 9.17) is 9.84 Å². The van der Waals surface area contributed by atoms with E-state index in [-0.39, 0.29) is 11.8 Å². The third kappa shape index (κ3) is 2.54. The predicted molar refractivity (Wildman–Crippen MR) is 62.9 cm³/mol. The van der Waals surface area contributed by atoms with Crippen LogP contribution in [0.3, 0.4) is 0 Å². The van der Waals surface area contributed by atoms with Gasteiger partial charge in [-0.15, -0.1) is 0 Å². The van der Waals surface area contributed by atoms with Gasteiger partial charge in [0.25, 0.3) is 0 Å². The van der Waals surface area contributed by atoms with Crippen molar-refractivity contribution in [2.75, 3.05) is 7.11 Å². The lowest BCUT2D eigenvalue weighted by molar-refractivity contribution is -0.141. The number of hydrogen-bond acceptors (Lipinski definition) is 2. The number of benzene rings is 1. The fraction of sp³-hybridized carbons (Fsp3) is 0.462. The lowest BCUT2D eigenvalue weighted by Gasteiger charge is -2.19. The van der Waals surface area contributed by atoms with Crippen LogP contribution in [-0.2, 0) is 4.79 Å². The molecule has 16 heavy (non-hydrogen) atoms. The molecule has 0 aliphatic heterocycles. The molecular formula is C13H18O3. The molecule has 2 atom stereocenters. The van der Waals surface area contributed by atoms with Gasteiger partial charge >= 0.3 is 5.97 Å². The number of ether oxygens (including phenoxy) is 1. The van der Waals surface area contributed by atoms with E-state index in [1.807, 2.05) is 32.0 Å². The quantitative estimate of drug-likeness (QED) is 0.852. The van der Waals surface area contributed by atoms with E-state index in [0.717, 1.165) is 16.9 Å². The Balaban J connectivity index is 3.00. The fourth-order valence-corrected chi connectivity index (χ4v) is 1.77. The van der Waals surface area contributed by atoms with Crippen molar-refractivity contribution in [1.82, 2.24) is 0 Å². The molecular weight excluding hydrogens is 204 g/mol. The molecule has 0 bridgehead atoms. The second kappa shape index (κ2) is 5.01. The number of carbonyl (C=O) groups is 1. The summed E-state index contributed by atoms with van der Waals surface area (Å²) in [6, 6.07) is 5.74. The standard InChI is InChI=1S/C13H18O3/c1-8-7-11(16-4)5-6-12(8)9(2)10(3)13(14)15/h5-7,9-10H,1-4H3,(H,14,15). The molecule has 0 amide bonds. The Hall–Kier alpha value is -1.51. The van der Waals surface area contributed by atoms with Gasteiger partial charge in [0, 0.05) is 0 Å². The van der Waals surface area contributed by atoms with Gasteiger partial charge in [0.05, 0.1) is 13.0 Å². The lowest BCUT2D eigenvalue weighted by atomic mass is 9.86. The van der Waals surface area contributed by atoms with Crippen LogP contribution in [0.15, 0.2) is 18.2 Å². The Labute approximate surface area is 96.1 Å². The van der Waals surface area contributed by atoms with Crippen molar-refractivity contribution in [2.45, 2.75) is 26.7 Å². The van der Waals surface area contributed by atoms with Gasteiger partial charge in [0.2, 0.25) is 0 Å². The number of rotatable bonds is 4. The van der Waals surface area contributed by atoms with Gasteiger partial charge < -0.3 is 9.84 Å². The molecule has 88 valence electrons. The van der Waals surface area contributed by atoms with Crippen molar-refractivity contribution in [3.05, 3.63) is 29.3 Å². The molecule has 2 unspecified atom stereocenters. The lowest BCUT2D eigenvalue weighted by Crippen LogP contribution is -2.17. The van der Waals surface area contributed by atoms with E-state index in [1.54, 1.807) is 14.0 Å². The maximum atomic E-state index is 10.9. The maximum absolute atomic E-state index is 10.9. The Morgan fingerprint density at radius 1 is 1.38 bits per heavy atom. The minimum Gasteiger partial charge on any atom is -0.497 e. The molecule has 1 N–H and O–H groups in total. The van der Waals surface area contributed by atoms with Crippen molar-refractivity contribution >= 4 is 5.97 Å². The molecule has 0 aliphatic carbocycles. The summed E-state index contributed by atoms with van der Waals surface area (Å²) >= 11 is 0. The summed E-state index contributed by atoms with van der Waals surface area (Å²) < 4.78 is 5.12. The van der Waals surface area contributed by atoms with Crippen LogP contribution < -0.4 is 4.74 Å². The monoisotopic (exact) mass is 222 g/mol. The zero-order valence-corrected chi connectivity index (χ0v) is 10.2. The van der Waals surface area contributed by atoms with Crippen molar-refractivity contribution < 1.29 is 14.6 Å². The third-order valence-electron chi connectivity index (χ3n) is 3.11. The molecule has 0 fully saturated rings. The number of carboxylic acid groups (broad SMARTS) is 1. The van der Waals surface area contributed by atoms with E-state index in [1.165, 1.54) is 0 Å². The van der Waals surface area contributed by atoms with Crippen LogP contribution in [0.4, 0.5) is 0 Å². The van der Waals surface area contributed by atoms with E-state index in [9.17, 15) is 4.79 Å². The Morgan fingerprint density at radius 2 is 2.00 bits per heavy atom. The molecule has 0 aliphatic rings. The molecule has 0 radical (unpaired) electrons. The minimum absolute atomic E-state index is 0.00315. The first-order valence-electron chi connectivity index (χ1n) is 5.34. The van der Waals surface area contributed by atoms with Crippen LogP contribution in [0.1, 0.15) is 30.9 Å². The first-order chi connectivity index (χ1) is 7.47. The Kier molecular flexibility index (Phi) is 3.93. The topological polar surface area (TPSA) is 46.5 Å². The highest BCUT2D eigenvalue weighted by Gasteiger charge is 2.22. The summed E-state index contributed by atoms with van der Waals surface area (Å²) in [5.41, 5.74) is 2.13. The summed E-state index contributed by atoms with van der Waals surface area (Å²) in [7, 11) is 1.62. The van der Waals surface area contributed by atoms with Gasteiger partial charge in [-0.1, -0.05) is 19.9 Å². The van der Waals surface area contributed by atoms with Crippen LogP contribution in [0.5, 0.6) is 5.75 Å². The molecule has 1 aromatic rings. The number of methoxy groups -OCH3 is 1. The van der Waals surface area contributed by atoms with Crippen molar-refractivity contribution in [1.29, 1.82) is 0 Å². The second-order valence-corrected chi connectivity index (χ2v) is 4.14. The van der Waals surface area contributed by atoms with Crippen molar-refractivity contribution in [3.8, 4) is 5.75 Å². The number of hydrogen-bond donors (Lipinski definition) is 1. The molecule has 3 heteroatoms. The van der Waals surface area contributed by atoms with Crippen molar-refractivity contribution in [2.24, 2.45) is 5.92 Å². The third-order valence-corrected chi connectivity index (χ3v) is 3.11. The molecule has 0 saturated carbocycles. The zero-order chi connectivity index (χ0) is 12.3. The summed E-state index contributed by atoms with van der Waals surface area (Å²) in [6.07, 6.45) is 0. The van der Waals surface area contributed by atoms with Crippen LogP contribution >= 0.6 is 0 Å². The molecule has 0 saturated heterocycles. The highest BCUT2D eigenvalue weighted by atomic mass is 16.5. The Morgan fingerprint density at radius 3 is 2.44 bits per heavy atom. The van der Waals surface area contributed by atoms with Gasteiger partial charge in [-0.25, -0.2) is 0 Å². The van der Waals surface area contributed by atoms with Crippen LogP contribution in [0.25, 0.3) is 0 Å². The number of aliphatic carboxylic acids is 1. The fourth-order valence-electron chi connectivity index (χ4n) is 1.77. The van der Waals surface area contributed by atoms with E-state index < -0.39 is 5.97 Å². The summed E-state index contributed by atoms with van der Waals surface area (Å²) in [5, 5.41) is 8.98. The number of carboxylic acids is 1. The van der Waals surface area contributed by atoms with E-state index >= 15 is 0 Å². The molecule has 0 aromatic heterocycles. The van der Waals surface area contributed by atoms with Crippen LogP contribution in [0, 0.1) is 12.8 Å². The average molecular weight is 222 g/mol. The van der Waals surface area contributed by atoms with Gasteiger partial charge in [0.15, 0.2) is 0 Å². The first kappa shape index (κ1) is 12.6. The first-order valence-corrected chi connectivity index (χ1v) is 5.34. The SMILES string of the molecule is COc1ccc(C(C)C(C)C(=O)O)c(C)c1. The van der Waals surface area contributed by atoms with Gasteiger partial charge in [0.1, 0.15) is 5.75 Å². The highest BCUT2D eigenvalue weighted by Crippen LogP contribution is 2.29. The minimum atomic E-state index is -0.761. The Bertz CT molecular complexity index is 385. The van der Waals surface area contributed by atoms with Gasteiger partial charge in [-0.2, -0.15) is 0 Å². The summed E-state index contributed by atoms with van der Waals surface area (Å²) in [4.78, 5) is 10.9. The zero-order valence-electron chi connectivity index (χ0n) is 10.2. The van der Waals surface area contributed by atoms with Crippen LogP contribution in [0.2, 0.25) is 0 Å².